The van der Waals surface area contributed by atoms with Crippen LogP contribution in [-0.4, -0.2) is 22.4 Å². The van der Waals surface area contributed by atoms with Crippen LogP contribution in [-0.2, 0) is 9.59 Å². The molecule has 1 aromatic heterocycles. The smallest absolute Gasteiger partial charge is 0.259 e. The minimum absolute atomic E-state index is 0.0537. The summed E-state index contributed by atoms with van der Waals surface area (Å²) in [5, 5.41) is 7.68. The van der Waals surface area contributed by atoms with Crippen LogP contribution in [0.15, 0.2) is 59.5 Å². The van der Waals surface area contributed by atoms with Gasteiger partial charge in [0.1, 0.15) is 6.04 Å². The van der Waals surface area contributed by atoms with E-state index < -0.39 is 12.0 Å². The summed E-state index contributed by atoms with van der Waals surface area (Å²) >= 11 is 5.95. The molecule has 1 fully saturated rings. The van der Waals surface area contributed by atoms with Crippen LogP contribution >= 0.6 is 11.6 Å². The topological polar surface area (TPSA) is 80.2 Å². The fraction of sp³-hybridized carbons (Fsp3) is 0.346. The molecule has 2 atom stereocenters. The highest BCUT2D eigenvalue weighted by molar-refractivity contribution is 6.30. The first-order valence-electron chi connectivity index (χ1n) is 11.3. The molecule has 4 rings (SSSR count). The summed E-state index contributed by atoms with van der Waals surface area (Å²) < 4.78 is 1.51. The standard InChI is InChI=1S/C26H28ClN3O3/c1-15(2)23(25(32)28-19-11-12-19)30-14-13-20-21(26(30)33)5-4-6-22(20)29-24(31)16(3)17-7-9-18(27)10-8-17/h4-10,13-16,19,23H,11-12H2,1-3H3,(H,28,32)(H,29,31)/t16-,23+/m0/s1. The van der Waals surface area contributed by atoms with Gasteiger partial charge >= 0.3 is 0 Å². The predicted octanol–water partition coefficient (Wildman–Crippen LogP) is 4.87. The fourth-order valence-corrected chi connectivity index (χ4v) is 4.16. The fourth-order valence-electron chi connectivity index (χ4n) is 4.03. The SMILES string of the molecule is CC(C)[C@H](C(=O)NC1CC1)n1ccc2c(NC(=O)[C@@H](C)c3ccc(Cl)cc3)cccc2c1=O. The van der Waals surface area contributed by atoms with Gasteiger partial charge in [-0.05, 0) is 61.6 Å². The summed E-state index contributed by atoms with van der Waals surface area (Å²) in [4.78, 5) is 39.1. The number of hydrogen-bond donors (Lipinski definition) is 2. The van der Waals surface area contributed by atoms with Crippen molar-refractivity contribution in [2.24, 2.45) is 5.92 Å². The Morgan fingerprint density at radius 2 is 1.67 bits per heavy atom. The molecule has 3 aromatic rings. The van der Waals surface area contributed by atoms with Crippen LogP contribution < -0.4 is 16.2 Å². The molecular weight excluding hydrogens is 438 g/mol. The van der Waals surface area contributed by atoms with E-state index in [0.717, 1.165) is 18.4 Å². The van der Waals surface area contributed by atoms with E-state index in [0.29, 0.717) is 21.5 Å². The summed E-state index contributed by atoms with van der Waals surface area (Å²) in [7, 11) is 0. The van der Waals surface area contributed by atoms with Crippen LogP contribution in [0.1, 0.15) is 51.1 Å². The third-order valence-electron chi connectivity index (χ3n) is 6.12. The zero-order valence-corrected chi connectivity index (χ0v) is 19.7. The molecule has 0 radical (unpaired) electrons. The van der Waals surface area contributed by atoms with Crippen molar-refractivity contribution in [3.63, 3.8) is 0 Å². The first kappa shape index (κ1) is 23.1. The van der Waals surface area contributed by atoms with Crippen molar-refractivity contribution < 1.29 is 9.59 Å². The van der Waals surface area contributed by atoms with Crippen molar-refractivity contribution in [3.05, 3.63) is 75.7 Å². The number of hydrogen-bond acceptors (Lipinski definition) is 3. The number of benzene rings is 2. The van der Waals surface area contributed by atoms with Crippen LogP contribution in [0, 0.1) is 5.92 Å². The first-order valence-corrected chi connectivity index (χ1v) is 11.6. The Balaban J connectivity index is 1.64. The minimum atomic E-state index is -0.592. The van der Waals surface area contributed by atoms with Crippen molar-refractivity contribution in [2.45, 2.75) is 51.6 Å². The minimum Gasteiger partial charge on any atom is -0.352 e. The quantitative estimate of drug-likeness (QED) is 0.522. The molecule has 0 saturated heterocycles. The Morgan fingerprint density at radius 3 is 2.30 bits per heavy atom. The summed E-state index contributed by atoms with van der Waals surface area (Å²) in [5.41, 5.74) is 1.16. The molecule has 172 valence electrons. The van der Waals surface area contributed by atoms with Gasteiger partial charge in [-0.15, -0.1) is 0 Å². The molecule has 1 aliphatic rings. The number of rotatable bonds is 7. The Labute approximate surface area is 197 Å². The largest absolute Gasteiger partial charge is 0.352 e. The monoisotopic (exact) mass is 465 g/mol. The number of pyridine rings is 1. The molecule has 2 amide bonds. The van der Waals surface area contributed by atoms with Gasteiger partial charge in [0.05, 0.1) is 5.92 Å². The number of carbonyl (C=O) groups excluding carboxylic acids is 2. The van der Waals surface area contributed by atoms with E-state index >= 15 is 0 Å². The van der Waals surface area contributed by atoms with E-state index in [2.05, 4.69) is 10.6 Å². The molecule has 0 unspecified atom stereocenters. The van der Waals surface area contributed by atoms with Crippen molar-refractivity contribution in [1.29, 1.82) is 0 Å². The maximum absolute atomic E-state index is 13.4. The highest BCUT2D eigenvalue weighted by Crippen LogP contribution is 2.27. The second kappa shape index (κ2) is 9.40. The third-order valence-corrected chi connectivity index (χ3v) is 6.37. The third kappa shape index (κ3) is 4.96. The van der Waals surface area contributed by atoms with Gasteiger partial charge < -0.3 is 15.2 Å². The number of nitrogens with one attached hydrogen (secondary N) is 2. The van der Waals surface area contributed by atoms with Crippen molar-refractivity contribution >= 4 is 39.9 Å². The summed E-state index contributed by atoms with van der Waals surface area (Å²) in [6.07, 6.45) is 3.63. The zero-order chi connectivity index (χ0) is 23.7. The molecule has 7 heteroatoms. The van der Waals surface area contributed by atoms with Gasteiger partial charge in [0.25, 0.3) is 5.56 Å². The maximum Gasteiger partial charge on any atom is 0.259 e. The number of aromatic nitrogens is 1. The molecule has 2 aromatic carbocycles. The van der Waals surface area contributed by atoms with Gasteiger partial charge in [0, 0.05) is 33.7 Å². The van der Waals surface area contributed by atoms with Crippen LogP contribution in [0.5, 0.6) is 0 Å². The second-order valence-corrected chi connectivity index (χ2v) is 9.47. The normalized spacial score (nSPS) is 15.3. The van der Waals surface area contributed by atoms with Crippen LogP contribution in [0.4, 0.5) is 5.69 Å². The molecule has 0 aliphatic heterocycles. The number of amides is 2. The van der Waals surface area contributed by atoms with E-state index in [1.807, 2.05) is 32.9 Å². The number of halogens is 1. The molecule has 6 nitrogen and oxygen atoms in total. The lowest BCUT2D eigenvalue weighted by Gasteiger charge is -2.23. The maximum atomic E-state index is 13.4. The first-order chi connectivity index (χ1) is 15.8. The lowest BCUT2D eigenvalue weighted by atomic mass is 10.00. The molecular formula is C26H28ClN3O3. The molecule has 33 heavy (non-hydrogen) atoms. The molecule has 2 N–H and O–H groups in total. The van der Waals surface area contributed by atoms with E-state index in [1.54, 1.807) is 42.6 Å². The molecule has 0 bridgehead atoms. The predicted molar refractivity (Wildman–Crippen MR) is 132 cm³/mol. The Morgan fingerprint density at radius 1 is 0.970 bits per heavy atom. The lowest BCUT2D eigenvalue weighted by Crippen LogP contribution is -2.40. The van der Waals surface area contributed by atoms with Crippen molar-refractivity contribution in [3.8, 4) is 0 Å². The van der Waals surface area contributed by atoms with E-state index in [4.69, 9.17) is 11.6 Å². The second-order valence-electron chi connectivity index (χ2n) is 9.03. The van der Waals surface area contributed by atoms with Crippen LogP contribution in [0.3, 0.4) is 0 Å². The molecule has 1 heterocycles. The van der Waals surface area contributed by atoms with E-state index in [9.17, 15) is 14.4 Å². The number of fused-ring (bicyclic) bond motifs is 1. The molecule has 1 aliphatic carbocycles. The average molecular weight is 466 g/mol. The Kier molecular flexibility index (Phi) is 6.56. The van der Waals surface area contributed by atoms with Crippen molar-refractivity contribution in [2.75, 3.05) is 5.32 Å². The van der Waals surface area contributed by atoms with Crippen LogP contribution in [0.2, 0.25) is 5.02 Å². The van der Waals surface area contributed by atoms with Gasteiger partial charge in [0.15, 0.2) is 0 Å². The summed E-state index contributed by atoms with van der Waals surface area (Å²) in [5.74, 6) is -0.760. The van der Waals surface area contributed by atoms with Gasteiger partial charge in [0.2, 0.25) is 11.8 Å². The Bertz CT molecular complexity index is 1250. The van der Waals surface area contributed by atoms with E-state index in [-0.39, 0.29) is 29.3 Å². The number of anilines is 1. The molecule has 1 saturated carbocycles. The zero-order valence-electron chi connectivity index (χ0n) is 19.0. The lowest BCUT2D eigenvalue weighted by molar-refractivity contribution is -0.125. The molecule has 0 spiro atoms. The van der Waals surface area contributed by atoms with Gasteiger partial charge in [-0.1, -0.05) is 43.6 Å². The average Bonchev–Trinajstić information content (AvgIpc) is 3.59. The summed E-state index contributed by atoms with van der Waals surface area (Å²) in [6, 6.07) is 13.8. The highest BCUT2D eigenvalue weighted by Gasteiger charge is 2.31. The van der Waals surface area contributed by atoms with Gasteiger partial charge in [-0.3, -0.25) is 14.4 Å². The van der Waals surface area contributed by atoms with Gasteiger partial charge in [-0.2, -0.15) is 0 Å². The number of nitrogens with zero attached hydrogens (tertiary/aromatic N) is 1. The van der Waals surface area contributed by atoms with Crippen LogP contribution in [0.25, 0.3) is 10.8 Å². The Hall–Kier alpha value is -3.12. The van der Waals surface area contributed by atoms with E-state index in [1.165, 1.54) is 4.57 Å². The van der Waals surface area contributed by atoms with Gasteiger partial charge in [-0.25, -0.2) is 0 Å². The highest BCUT2D eigenvalue weighted by atomic mass is 35.5. The number of carbonyl (C=O) groups is 2. The summed E-state index contributed by atoms with van der Waals surface area (Å²) in [6.45, 7) is 5.69. The van der Waals surface area contributed by atoms with Crippen molar-refractivity contribution in [1.82, 2.24) is 9.88 Å².